The summed E-state index contributed by atoms with van der Waals surface area (Å²) in [4.78, 5) is 0.296. The van der Waals surface area contributed by atoms with Crippen LogP contribution in [0.1, 0.15) is 40.6 Å². The molecule has 3 unspecified atom stereocenters. The number of fused-ring (bicyclic) bond motifs is 3. The molecule has 3 aromatic carbocycles. The van der Waals surface area contributed by atoms with Crippen molar-refractivity contribution < 1.29 is 8.42 Å². The van der Waals surface area contributed by atoms with Crippen molar-refractivity contribution in [3.8, 4) is 0 Å². The minimum absolute atomic E-state index is 0.206. The molecule has 0 fully saturated rings. The maximum absolute atomic E-state index is 13.1. The van der Waals surface area contributed by atoms with Gasteiger partial charge in [0.2, 0.25) is 0 Å². The molecule has 1 aliphatic heterocycles. The highest BCUT2D eigenvalue weighted by molar-refractivity contribution is 7.92. The molecule has 0 spiro atoms. The van der Waals surface area contributed by atoms with E-state index in [9.17, 15) is 8.42 Å². The van der Waals surface area contributed by atoms with Gasteiger partial charge in [-0.15, -0.1) is 0 Å². The molecule has 0 saturated heterocycles. The molecule has 1 heterocycles. The Morgan fingerprint density at radius 2 is 1.68 bits per heavy atom. The van der Waals surface area contributed by atoms with E-state index in [4.69, 9.17) is 0 Å². The van der Waals surface area contributed by atoms with E-state index in [-0.39, 0.29) is 12.0 Å². The number of hydrogen-bond acceptors (Lipinski definition) is 3. The molecule has 3 atom stereocenters. The van der Waals surface area contributed by atoms with E-state index in [1.807, 2.05) is 50.2 Å². The summed E-state index contributed by atoms with van der Waals surface area (Å²) in [5.74, 6) is 0.582. The Morgan fingerprint density at radius 1 is 0.935 bits per heavy atom. The average Bonchev–Trinajstić information content (AvgIpc) is 3.22. The third kappa shape index (κ3) is 3.74. The van der Waals surface area contributed by atoms with Crippen molar-refractivity contribution in [3.63, 3.8) is 0 Å². The molecular formula is C26H26N2O2S. The lowest BCUT2D eigenvalue weighted by atomic mass is 9.77. The molecule has 5 heteroatoms. The van der Waals surface area contributed by atoms with Gasteiger partial charge in [0.05, 0.1) is 10.9 Å². The lowest BCUT2D eigenvalue weighted by Gasteiger charge is -2.37. The number of anilines is 2. The quantitative estimate of drug-likeness (QED) is 0.504. The third-order valence-corrected chi connectivity index (χ3v) is 7.66. The van der Waals surface area contributed by atoms with Crippen molar-refractivity contribution >= 4 is 21.4 Å². The van der Waals surface area contributed by atoms with E-state index < -0.39 is 10.0 Å². The van der Waals surface area contributed by atoms with Crippen LogP contribution in [-0.2, 0) is 10.0 Å². The Labute approximate surface area is 184 Å². The van der Waals surface area contributed by atoms with Gasteiger partial charge in [0.1, 0.15) is 0 Å². The molecule has 158 valence electrons. The molecule has 3 aromatic rings. The van der Waals surface area contributed by atoms with Gasteiger partial charge < -0.3 is 5.32 Å². The third-order valence-electron chi connectivity index (χ3n) is 6.28. The molecular weight excluding hydrogens is 404 g/mol. The second kappa shape index (κ2) is 7.57. The summed E-state index contributed by atoms with van der Waals surface area (Å²) in [6.07, 6.45) is 5.43. The molecule has 1 aliphatic carbocycles. The van der Waals surface area contributed by atoms with E-state index in [0.29, 0.717) is 16.5 Å². The molecule has 31 heavy (non-hydrogen) atoms. The Morgan fingerprint density at radius 3 is 2.42 bits per heavy atom. The second-order valence-electron chi connectivity index (χ2n) is 8.62. The zero-order chi connectivity index (χ0) is 21.6. The van der Waals surface area contributed by atoms with Crippen molar-refractivity contribution in [3.05, 3.63) is 101 Å². The first-order valence-corrected chi connectivity index (χ1v) is 12.1. The lowest BCUT2D eigenvalue weighted by molar-refractivity contribution is 0.425. The monoisotopic (exact) mass is 430 g/mol. The van der Waals surface area contributed by atoms with Crippen molar-refractivity contribution in [1.29, 1.82) is 0 Å². The van der Waals surface area contributed by atoms with Crippen LogP contribution in [0.15, 0.2) is 83.8 Å². The fourth-order valence-electron chi connectivity index (χ4n) is 4.98. The van der Waals surface area contributed by atoms with Crippen LogP contribution in [0.5, 0.6) is 0 Å². The smallest absolute Gasteiger partial charge is 0.261 e. The normalized spacial score (nSPS) is 21.8. The molecule has 0 radical (unpaired) electrons. The van der Waals surface area contributed by atoms with E-state index in [1.54, 1.807) is 6.07 Å². The molecule has 4 nitrogen and oxygen atoms in total. The second-order valence-corrected chi connectivity index (χ2v) is 10.3. The first-order valence-electron chi connectivity index (χ1n) is 10.6. The van der Waals surface area contributed by atoms with Crippen molar-refractivity contribution in [1.82, 2.24) is 0 Å². The van der Waals surface area contributed by atoms with Crippen molar-refractivity contribution in [2.45, 2.75) is 37.1 Å². The number of hydrogen-bond donors (Lipinski definition) is 2. The van der Waals surface area contributed by atoms with Gasteiger partial charge in [-0.1, -0.05) is 48.6 Å². The number of benzene rings is 3. The maximum atomic E-state index is 13.1. The van der Waals surface area contributed by atoms with Crippen LogP contribution in [0.2, 0.25) is 0 Å². The Balaban J connectivity index is 1.49. The van der Waals surface area contributed by atoms with E-state index >= 15 is 0 Å². The summed E-state index contributed by atoms with van der Waals surface area (Å²) in [7, 11) is -3.68. The Bertz CT molecular complexity index is 1250. The van der Waals surface area contributed by atoms with Gasteiger partial charge >= 0.3 is 0 Å². The van der Waals surface area contributed by atoms with Gasteiger partial charge in [0.15, 0.2) is 0 Å². The van der Waals surface area contributed by atoms with Crippen LogP contribution >= 0.6 is 0 Å². The van der Waals surface area contributed by atoms with Gasteiger partial charge in [0, 0.05) is 17.3 Å². The predicted molar refractivity (Wildman–Crippen MR) is 126 cm³/mol. The fourth-order valence-corrected chi connectivity index (χ4v) is 6.05. The highest BCUT2D eigenvalue weighted by Crippen LogP contribution is 2.50. The summed E-state index contributed by atoms with van der Waals surface area (Å²) in [5, 5.41) is 3.67. The minimum Gasteiger partial charge on any atom is -0.378 e. The number of aryl methyl sites for hydroxylation is 2. The summed E-state index contributed by atoms with van der Waals surface area (Å²) in [6.45, 7) is 3.93. The highest BCUT2D eigenvalue weighted by atomic mass is 32.2. The van der Waals surface area contributed by atoms with Crippen LogP contribution in [-0.4, -0.2) is 8.42 Å². The summed E-state index contributed by atoms with van der Waals surface area (Å²) in [6, 6.07) is 21.9. The number of nitrogens with one attached hydrogen (secondary N) is 2. The first kappa shape index (κ1) is 19.9. The van der Waals surface area contributed by atoms with Gasteiger partial charge in [0.25, 0.3) is 10.0 Å². The molecule has 0 bridgehead atoms. The number of rotatable bonds is 4. The topological polar surface area (TPSA) is 58.2 Å². The molecule has 2 N–H and O–H groups in total. The molecule has 0 amide bonds. The maximum Gasteiger partial charge on any atom is 0.261 e. The SMILES string of the molecule is Cc1cc(C)cc(NS(=O)(=O)c2ccc3c(c2)C2C=CCC2C(c2ccccc2)N3)c1. The fraction of sp³-hybridized carbons (Fsp3) is 0.231. The van der Waals surface area contributed by atoms with Crippen molar-refractivity contribution in [2.75, 3.05) is 10.0 Å². The average molecular weight is 431 g/mol. The van der Waals surface area contributed by atoms with Gasteiger partial charge in [-0.05, 0) is 78.8 Å². The van der Waals surface area contributed by atoms with Gasteiger partial charge in [-0.2, -0.15) is 0 Å². The molecule has 0 saturated carbocycles. The van der Waals surface area contributed by atoms with E-state index in [1.165, 1.54) is 5.56 Å². The van der Waals surface area contributed by atoms with E-state index in [2.05, 4.69) is 46.5 Å². The first-order chi connectivity index (χ1) is 14.9. The highest BCUT2D eigenvalue weighted by Gasteiger charge is 2.38. The standard InChI is InChI=1S/C26H26N2O2S/c1-17-13-18(2)15-20(14-17)28-31(29,30)21-11-12-25-24(16-21)22-9-6-10-23(22)26(27-25)19-7-4-3-5-8-19/h3-9,11-16,22-23,26-28H,10H2,1-2H3. The number of allylic oxidation sites excluding steroid dienone is 2. The molecule has 2 aliphatic rings. The minimum atomic E-state index is -3.68. The zero-order valence-corrected chi connectivity index (χ0v) is 18.5. The van der Waals surface area contributed by atoms with Crippen LogP contribution in [0, 0.1) is 19.8 Å². The Kier molecular flexibility index (Phi) is 4.86. The van der Waals surface area contributed by atoms with E-state index in [0.717, 1.165) is 28.8 Å². The molecule has 5 rings (SSSR count). The van der Waals surface area contributed by atoms with Crippen molar-refractivity contribution in [2.24, 2.45) is 5.92 Å². The summed E-state index contributed by atoms with van der Waals surface area (Å²) < 4.78 is 29.0. The molecule has 0 aromatic heterocycles. The Hall–Kier alpha value is -3.05. The van der Waals surface area contributed by atoms with Gasteiger partial charge in [-0.25, -0.2) is 8.42 Å². The predicted octanol–water partition coefficient (Wildman–Crippen LogP) is 5.93. The van der Waals surface area contributed by atoms with Crippen LogP contribution in [0.3, 0.4) is 0 Å². The van der Waals surface area contributed by atoms with Crippen LogP contribution < -0.4 is 10.0 Å². The van der Waals surface area contributed by atoms with Crippen LogP contribution in [0.25, 0.3) is 0 Å². The number of sulfonamides is 1. The zero-order valence-electron chi connectivity index (χ0n) is 17.7. The van der Waals surface area contributed by atoms with Crippen LogP contribution in [0.4, 0.5) is 11.4 Å². The van der Waals surface area contributed by atoms with Gasteiger partial charge in [-0.3, -0.25) is 4.72 Å². The summed E-state index contributed by atoms with van der Waals surface area (Å²) in [5.41, 5.74) is 5.97. The lowest BCUT2D eigenvalue weighted by Crippen LogP contribution is -2.29. The largest absolute Gasteiger partial charge is 0.378 e. The summed E-state index contributed by atoms with van der Waals surface area (Å²) >= 11 is 0.